The normalized spacial score (nSPS) is 25.0. The maximum Gasteiger partial charge on any atom is 0.390 e. The predicted molar refractivity (Wildman–Crippen MR) is 131 cm³/mol. The Hall–Kier alpha value is -2.33. The van der Waals surface area contributed by atoms with E-state index in [0.29, 0.717) is 23.5 Å². The zero-order valence-electron chi connectivity index (χ0n) is 21.6. The summed E-state index contributed by atoms with van der Waals surface area (Å²) in [5.74, 6) is -0.146. The van der Waals surface area contributed by atoms with Gasteiger partial charge >= 0.3 is 6.18 Å². The van der Waals surface area contributed by atoms with Gasteiger partial charge in [0.2, 0.25) is 5.91 Å². The monoisotopic (exact) mass is 513 g/mol. The number of fused-ring (bicyclic) bond motifs is 1. The quantitative estimate of drug-likeness (QED) is 0.625. The van der Waals surface area contributed by atoms with Gasteiger partial charge in [0.1, 0.15) is 12.4 Å². The number of methoxy groups -OCH3 is 1. The molecule has 7 nitrogen and oxygen atoms in total. The molecule has 36 heavy (non-hydrogen) atoms. The van der Waals surface area contributed by atoms with Gasteiger partial charge in [0.25, 0.3) is 5.91 Å². The number of nitrogens with one attached hydrogen (secondary N) is 1. The SMILES string of the molecule is CO[C@H]1CN(C)C(=O)c2ccc(NC(=O)C3CCCC3)cc2OC[C@@H](C)N(CCC(F)(F)F)C[C@H]1C. The second kappa shape index (κ2) is 12.3. The van der Waals surface area contributed by atoms with Crippen molar-refractivity contribution in [1.29, 1.82) is 0 Å². The molecular formula is C26H38F3N3O4. The standard InChI is InChI=1S/C26H38F3N3O4/c1-17-14-32(12-11-26(27,28)29)18(2)16-36-22-13-20(30-24(33)19-7-5-6-8-19)9-10-21(22)25(34)31(3)15-23(17)35-4/h9-10,13,17-19,23H,5-8,11-12,14-16H2,1-4H3,(H,30,33)/t17-,18-,23+/m1/s1. The van der Waals surface area contributed by atoms with E-state index in [1.54, 1.807) is 37.3 Å². The number of halogens is 3. The number of anilines is 1. The summed E-state index contributed by atoms with van der Waals surface area (Å²) < 4.78 is 50.7. The first-order chi connectivity index (χ1) is 17.0. The van der Waals surface area contributed by atoms with E-state index in [0.717, 1.165) is 25.7 Å². The summed E-state index contributed by atoms with van der Waals surface area (Å²) in [6, 6.07) is 4.59. The van der Waals surface area contributed by atoms with Crippen LogP contribution >= 0.6 is 0 Å². The van der Waals surface area contributed by atoms with E-state index < -0.39 is 12.6 Å². The highest BCUT2D eigenvalue weighted by molar-refractivity contribution is 5.98. The molecule has 2 aliphatic rings. The molecule has 1 saturated carbocycles. The van der Waals surface area contributed by atoms with Gasteiger partial charge in [-0.3, -0.25) is 14.5 Å². The topological polar surface area (TPSA) is 71.1 Å². The van der Waals surface area contributed by atoms with E-state index in [2.05, 4.69) is 5.32 Å². The Balaban J connectivity index is 1.87. The summed E-state index contributed by atoms with van der Waals surface area (Å²) in [4.78, 5) is 29.2. The molecular weight excluding hydrogens is 475 g/mol. The van der Waals surface area contributed by atoms with Crippen molar-refractivity contribution in [2.45, 2.75) is 64.3 Å². The third-order valence-electron chi connectivity index (χ3n) is 7.25. The van der Waals surface area contributed by atoms with Crippen molar-refractivity contribution in [2.75, 3.05) is 45.7 Å². The minimum atomic E-state index is -4.26. The van der Waals surface area contributed by atoms with Crippen LogP contribution in [0.4, 0.5) is 18.9 Å². The molecule has 0 radical (unpaired) electrons. The minimum Gasteiger partial charge on any atom is -0.491 e. The molecule has 1 aromatic carbocycles. The van der Waals surface area contributed by atoms with Gasteiger partial charge in [0, 0.05) is 57.5 Å². The molecule has 0 unspecified atom stereocenters. The van der Waals surface area contributed by atoms with E-state index in [1.807, 2.05) is 13.8 Å². The summed E-state index contributed by atoms with van der Waals surface area (Å²) in [5.41, 5.74) is 0.853. The number of benzene rings is 1. The van der Waals surface area contributed by atoms with Crippen molar-refractivity contribution in [2.24, 2.45) is 11.8 Å². The Morgan fingerprint density at radius 2 is 1.89 bits per heavy atom. The van der Waals surface area contributed by atoms with Crippen LogP contribution in [-0.2, 0) is 9.53 Å². The van der Waals surface area contributed by atoms with Crippen molar-refractivity contribution in [1.82, 2.24) is 9.80 Å². The number of hydrogen-bond acceptors (Lipinski definition) is 5. The van der Waals surface area contributed by atoms with Crippen molar-refractivity contribution in [3.63, 3.8) is 0 Å². The van der Waals surface area contributed by atoms with Gasteiger partial charge in [-0.2, -0.15) is 13.2 Å². The largest absolute Gasteiger partial charge is 0.491 e. The fraction of sp³-hybridized carbons (Fsp3) is 0.692. The lowest BCUT2D eigenvalue weighted by molar-refractivity contribution is -0.140. The number of hydrogen-bond donors (Lipinski definition) is 1. The second-order valence-corrected chi connectivity index (χ2v) is 10.1. The third kappa shape index (κ3) is 7.59. The summed E-state index contributed by atoms with van der Waals surface area (Å²) in [6.07, 6.45) is -1.74. The predicted octanol–water partition coefficient (Wildman–Crippen LogP) is 4.57. The number of likely N-dealkylation sites (N-methyl/N-ethyl adjacent to an activating group) is 1. The highest BCUT2D eigenvalue weighted by Crippen LogP contribution is 2.30. The van der Waals surface area contributed by atoms with Crippen LogP contribution in [0, 0.1) is 11.8 Å². The fourth-order valence-electron chi connectivity index (χ4n) is 4.94. The zero-order chi connectivity index (χ0) is 26.5. The van der Waals surface area contributed by atoms with Gasteiger partial charge in [-0.15, -0.1) is 0 Å². The Morgan fingerprint density at radius 3 is 2.53 bits per heavy atom. The number of amides is 2. The van der Waals surface area contributed by atoms with Gasteiger partial charge < -0.3 is 19.7 Å². The zero-order valence-corrected chi connectivity index (χ0v) is 21.6. The van der Waals surface area contributed by atoms with Crippen LogP contribution in [0.3, 0.4) is 0 Å². The minimum absolute atomic E-state index is 0.0187. The molecule has 2 amide bonds. The Kier molecular flexibility index (Phi) is 9.63. The maximum absolute atomic E-state index is 13.3. The molecule has 1 heterocycles. The molecule has 1 N–H and O–H groups in total. The number of carbonyl (C=O) groups is 2. The lowest BCUT2D eigenvalue weighted by Gasteiger charge is -2.36. The van der Waals surface area contributed by atoms with E-state index in [4.69, 9.17) is 9.47 Å². The molecule has 0 saturated heterocycles. The van der Waals surface area contributed by atoms with Gasteiger partial charge in [-0.05, 0) is 37.8 Å². The van der Waals surface area contributed by atoms with Crippen LogP contribution in [0.5, 0.6) is 5.75 Å². The first-order valence-electron chi connectivity index (χ1n) is 12.6. The number of alkyl halides is 3. The second-order valence-electron chi connectivity index (χ2n) is 10.1. The first-order valence-corrected chi connectivity index (χ1v) is 12.6. The molecule has 202 valence electrons. The van der Waals surface area contributed by atoms with Crippen molar-refractivity contribution in [3.8, 4) is 5.75 Å². The summed E-state index contributed by atoms with van der Waals surface area (Å²) >= 11 is 0. The van der Waals surface area contributed by atoms with E-state index >= 15 is 0 Å². The Bertz CT molecular complexity index is 905. The first kappa shape index (κ1) is 28.2. The third-order valence-corrected chi connectivity index (χ3v) is 7.25. The van der Waals surface area contributed by atoms with E-state index in [-0.39, 0.29) is 55.5 Å². The molecule has 0 aromatic heterocycles. The van der Waals surface area contributed by atoms with Crippen LogP contribution in [0.15, 0.2) is 18.2 Å². The average Bonchev–Trinajstić information content (AvgIpc) is 3.37. The molecule has 1 aliphatic heterocycles. The summed E-state index contributed by atoms with van der Waals surface area (Å²) in [6.45, 7) is 4.30. The highest BCUT2D eigenvalue weighted by atomic mass is 19.4. The van der Waals surface area contributed by atoms with Gasteiger partial charge in [-0.25, -0.2) is 0 Å². The van der Waals surface area contributed by atoms with Crippen LogP contribution in [0.1, 0.15) is 56.3 Å². The van der Waals surface area contributed by atoms with Crippen LogP contribution in [0.25, 0.3) is 0 Å². The molecule has 10 heteroatoms. The molecule has 3 rings (SSSR count). The number of rotatable bonds is 5. The smallest absolute Gasteiger partial charge is 0.390 e. The Labute approximate surface area is 211 Å². The summed E-state index contributed by atoms with van der Waals surface area (Å²) in [7, 11) is 3.21. The van der Waals surface area contributed by atoms with Crippen LogP contribution in [-0.4, -0.2) is 80.3 Å². The van der Waals surface area contributed by atoms with Crippen molar-refractivity contribution < 1.29 is 32.2 Å². The number of ether oxygens (including phenoxy) is 2. The number of nitrogens with zero attached hydrogens (tertiary/aromatic N) is 2. The lowest BCUT2D eigenvalue weighted by atomic mass is 10.0. The van der Waals surface area contributed by atoms with E-state index in [9.17, 15) is 22.8 Å². The van der Waals surface area contributed by atoms with Gasteiger partial charge in [0.05, 0.1) is 18.1 Å². The van der Waals surface area contributed by atoms with Crippen molar-refractivity contribution in [3.05, 3.63) is 23.8 Å². The van der Waals surface area contributed by atoms with Crippen molar-refractivity contribution >= 4 is 17.5 Å². The molecule has 1 fully saturated rings. The molecule has 0 spiro atoms. The molecule has 3 atom stereocenters. The fourth-order valence-corrected chi connectivity index (χ4v) is 4.94. The Morgan fingerprint density at radius 1 is 1.19 bits per heavy atom. The van der Waals surface area contributed by atoms with Gasteiger partial charge in [-0.1, -0.05) is 19.8 Å². The van der Waals surface area contributed by atoms with Gasteiger partial charge in [0.15, 0.2) is 0 Å². The molecule has 1 aromatic rings. The lowest BCUT2D eigenvalue weighted by Crippen LogP contribution is -2.47. The highest BCUT2D eigenvalue weighted by Gasteiger charge is 2.32. The van der Waals surface area contributed by atoms with E-state index in [1.165, 1.54) is 4.90 Å². The van der Waals surface area contributed by atoms with Crippen LogP contribution < -0.4 is 10.1 Å². The summed E-state index contributed by atoms with van der Waals surface area (Å²) in [5, 5.41) is 2.93. The maximum atomic E-state index is 13.3. The number of carbonyl (C=O) groups excluding carboxylic acids is 2. The average molecular weight is 514 g/mol. The van der Waals surface area contributed by atoms with Crippen LogP contribution in [0.2, 0.25) is 0 Å². The molecule has 1 aliphatic carbocycles. The molecule has 0 bridgehead atoms.